The van der Waals surface area contributed by atoms with Gasteiger partial charge in [0.1, 0.15) is 30.0 Å². The molecule has 7 nitrogen and oxygen atoms in total. The largest absolute Gasteiger partial charge is 0.342 e. The van der Waals surface area contributed by atoms with Crippen molar-refractivity contribution in [3.8, 4) is 12.1 Å². The van der Waals surface area contributed by atoms with E-state index >= 15 is 0 Å². The summed E-state index contributed by atoms with van der Waals surface area (Å²) in [5.74, 6) is -0.997. The van der Waals surface area contributed by atoms with Crippen molar-refractivity contribution in [2.45, 2.75) is 64.3 Å². The van der Waals surface area contributed by atoms with Crippen LogP contribution in [0.1, 0.15) is 72.7 Å². The number of likely N-dealkylation sites (tertiary alicyclic amines) is 1. The average molecular weight is 457 g/mol. The van der Waals surface area contributed by atoms with Crippen LogP contribution < -0.4 is 0 Å². The van der Waals surface area contributed by atoms with Crippen LogP contribution in [0.4, 0.5) is 0 Å². The Morgan fingerprint density at radius 2 is 1.74 bits per heavy atom. The van der Waals surface area contributed by atoms with Crippen LogP contribution in [0.15, 0.2) is 28.8 Å². The Labute approximate surface area is 199 Å². The lowest BCUT2D eigenvalue weighted by Gasteiger charge is -2.44. The van der Waals surface area contributed by atoms with Gasteiger partial charge in [-0.25, -0.2) is 0 Å². The molecule has 1 unspecified atom stereocenters. The Morgan fingerprint density at radius 3 is 2.24 bits per heavy atom. The molecule has 0 radical (unpaired) electrons. The molecule has 1 spiro atoms. The summed E-state index contributed by atoms with van der Waals surface area (Å²) in [5.41, 5.74) is 3.85. The maximum Gasteiger partial charge on any atom is 0.236 e. The van der Waals surface area contributed by atoms with Crippen molar-refractivity contribution in [1.82, 2.24) is 4.90 Å². The minimum absolute atomic E-state index is 0.0377. The summed E-state index contributed by atoms with van der Waals surface area (Å²) in [7, 11) is 0. The second kappa shape index (κ2) is 9.35. The SMILES string of the molecule is Cc1cc(C2CC=C(C#N)C=N2)cc(C)c1C1C(=O)CC2(CCN(C(=O)CC#N)CC2)CC1=O. The second-order valence-electron chi connectivity index (χ2n) is 9.80. The van der Waals surface area contributed by atoms with Gasteiger partial charge in [-0.2, -0.15) is 10.5 Å². The number of rotatable bonds is 3. The number of carbonyl (C=O) groups excluding carboxylic acids is 3. The molecule has 4 rings (SSSR count). The van der Waals surface area contributed by atoms with Crippen LogP contribution in [0, 0.1) is 41.9 Å². The topological polar surface area (TPSA) is 114 Å². The molecule has 1 atom stereocenters. The molecule has 2 aliphatic heterocycles. The fourth-order valence-corrected chi connectivity index (χ4v) is 5.75. The van der Waals surface area contributed by atoms with Gasteiger partial charge in [-0.05, 0) is 60.8 Å². The van der Waals surface area contributed by atoms with Gasteiger partial charge in [-0.1, -0.05) is 18.2 Å². The molecule has 34 heavy (non-hydrogen) atoms. The molecule has 1 aromatic rings. The number of hydrogen-bond donors (Lipinski definition) is 0. The molecule has 1 aliphatic carbocycles. The van der Waals surface area contributed by atoms with Gasteiger partial charge in [-0.15, -0.1) is 0 Å². The summed E-state index contributed by atoms with van der Waals surface area (Å²) in [6, 6.07) is 7.95. The van der Waals surface area contributed by atoms with Crippen LogP contribution in [0.25, 0.3) is 0 Å². The number of hydrogen-bond acceptors (Lipinski definition) is 6. The minimum Gasteiger partial charge on any atom is -0.342 e. The molecule has 2 fully saturated rings. The lowest BCUT2D eigenvalue weighted by atomic mass is 9.62. The third kappa shape index (κ3) is 4.43. The van der Waals surface area contributed by atoms with E-state index in [9.17, 15) is 14.4 Å². The lowest BCUT2D eigenvalue weighted by molar-refractivity contribution is -0.140. The summed E-state index contributed by atoms with van der Waals surface area (Å²) >= 11 is 0. The second-order valence-corrected chi connectivity index (χ2v) is 9.80. The van der Waals surface area contributed by atoms with E-state index in [1.165, 1.54) is 0 Å². The Balaban J connectivity index is 1.51. The number of nitrogens with zero attached hydrogens (tertiary/aromatic N) is 4. The van der Waals surface area contributed by atoms with Crippen molar-refractivity contribution in [3.05, 3.63) is 46.0 Å². The van der Waals surface area contributed by atoms with E-state index in [2.05, 4.69) is 11.1 Å². The Morgan fingerprint density at radius 1 is 1.12 bits per heavy atom. The van der Waals surface area contributed by atoms with Crippen LogP contribution in [0.3, 0.4) is 0 Å². The Hall–Kier alpha value is -3.58. The van der Waals surface area contributed by atoms with Gasteiger partial charge in [-0.3, -0.25) is 19.4 Å². The number of allylic oxidation sites excluding steroid dienone is 1. The zero-order valence-corrected chi connectivity index (χ0v) is 19.6. The number of benzene rings is 1. The van der Waals surface area contributed by atoms with Crippen LogP contribution in [-0.4, -0.2) is 41.7 Å². The lowest BCUT2D eigenvalue weighted by Crippen LogP contribution is -2.48. The van der Waals surface area contributed by atoms with Crippen molar-refractivity contribution in [2.75, 3.05) is 13.1 Å². The number of aliphatic imine (C=N–C) groups is 1. The molecular formula is C27H28N4O3. The highest BCUT2D eigenvalue weighted by Crippen LogP contribution is 2.47. The first kappa shape index (κ1) is 23.6. The Bertz CT molecular complexity index is 1150. The predicted octanol–water partition coefficient (Wildman–Crippen LogP) is 3.81. The third-order valence-electron chi connectivity index (χ3n) is 7.52. The number of Topliss-reactive ketones (excluding diaryl/α,β-unsaturated/α-hetero) is 2. The van der Waals surface area contributed by atoms with E-state index < -0.39 is 5.92 Å². The van der Waals surface area contributed by atoms with E-state index in [4.69, 9.17) is 10.5 Å². The number of nitriles is 2. The van der Waals surface area contributed by atoms with Crippen molar-refractivity contribution >= 4 is 23.7 Å². The number of carbonyl (C=O) groups is 3. The summed E-state index contributed by atoms with van der Waals surface area (Å²) in [4.78, 5) is 44.9. The molecule has 0 aromatic heterocycles. The highest BCUT2D eigenvalue weighted by atomic mass is 16.2. The standard InChI is InChI=1S/C27H28N4O3/c1-17-11-20(21-4-3-19(15-29)16-30-21)12-18(2)25(17)26-22(32)13-27(14-23(26)33)6-9-31(10-7-27)24(34)5-8-28/h3,11-12,16,21,26H,4-7,9-10,13-14H2,1-2H3. The zero-order chi connectivity index (χ0) is 24.5. The van der Waals surface area contributed by atoms with E-state index in [1.54, 1.807) is 11.1 Å². The first-order valence-corrected chi connectivity index (χ1v) is 11.7. The molecule has 7 heteroatoms. The van der Waals surface area contributed by atoms with Crippen molar-refractivity contribution in [3.63, 3.8) is 0 Å². The third-order valence-corrected chi connectivity index (χ3v) is 7.52. The number of ketones is 2. The molecule has 1 saturated carbocycles. The molecular weight excluding hydrogens is 428 g/mol. The van der Waals surface area contributed by atoms with Gasteiger partial charge in [0.2, 0.25) is 5.91 Å². The van der Waals surface area contributed by atoms with Gasteiger partial charge < -0.3 is 4.90 Å². The van der Waals surface area contributed by atoms with E-state index in [-0.39, 0.29) is 35.4 Å². The van der Waals surface area contributed by atoms with Crippen molar-refractivity contribution in [2.24, 2.45) is 10.4 Å². The fraction of sp³-hybridized carbons (Fsp3) is 0.481. The fourth-order valence-electron chi connectivity index (χ4n) is 5.75. The number of dihydropyridines is 1. The van der Waals surface area contributed by atoms with Crippen LogP contribution in [-0.2, 0) is 14.4 Å². The maximum atomic E-state index is 13.4. The van der Waals surface area contributed by atoms with Crippen molar-refractivity contribution in [1.29, 1.82) is 10.5 Å². The summed E-state index contributed by atoms with van der Waals surface area (Å²) in [6.07, 6.45) is 5.91. The van der Waals surface area contributed by atoms with Crippen LogP contribution in [0.2, 0.25) is 0 Å². The highest BCUT2D eigenvalue weighted by molar-refractivity contribution is 6.10. The number of piperidine rings is 1. The van der Waals surface area contributed by atoms with Gasteiger partial charge in [0, 0.05) is 32.1 Å². The molecule has 0 N–H and O–H groups in total. The maximum absolute atomic E-state index is 13.4. The number of aryl methyl sites for hydroxylation is 2. The highest BCUT2D eigenvalue weighted by Gasteiger charge is 2.47. The molecule has 3 aliphatic rings. The summed E-state index contributed by atoms with van der Waals surface area (Å²) in [6.45, 7) is 4.86. The molecule has 174 valence electrons. The van der Waals surface area contributed by atoms with Crippen LogP contribution in [0.5, 0.6) is 0 Å². The summed E-state index contributed by atoms with van der Waals surface area (Å²) in [5, 5.41) is 17.8. The first-order chi connectivity index (χ1) is 16.3. The zero-order valence-electron chi connectivity index (χ0n) is 19.6. The van der Waals surface area contributed by atoms with Gasteiger partial charge >= 0.3 is 0 Å². The monoisotopic (exact) mass is 456 g/mol. The smallest absolute Gasteiger partial charge is 0.236 e. The predicted molar refractivity (Wildman–Crippen MR) is 126 cm³/mol. The Kier molecular flexibility index (Phi) is 6.48. The van der Waals surface area contributed by atoms with E-state index in [1.807, 2.05) is 38.1 Å². The normalized spacial score (nSPS) is 22.3. The van der Waals surface area contributed by atoms with Gasteiger partial charge in [0.25, 0.3) is 0 Å². The molecule has 0 bridgehead atoms. The first-order valence-electron chi connectivity index (χ1n) is 11.7. The molecule has 1 aromatic carbocycles. The quantitative estimate of drug-likeness (QED) is 0.642. The van der Waals surface area contributed by atoms with Crippen LogP contribution >= 0.6 is 0 Å². The van der Waals surface area contributed by atoms with Gasteiger partial charge in [0.15, 0.2) is 0 Å². The van der Waals surface area contributed by atoms with Gasteiger partial charge in [0.05, 0.1) is 17.7 Å². The van der Waals surface area contributed by atoms with Crippen molar-refractivity contribution < 1.29 is 14.4 Å². The summed E-state index contributed by atoms with van der Waals surface area (Å²) < 4.78 is 0. The molecule has 1 amide bonds. The average Bonchev–Trinajstić information content (AvgIpc) is 2.81. The number of amides is 1. The van der Waals surface area contributed by atoms with E-state index in [0.717, 1.165) is 22.3 Å². The minimum atomic E-state index is -0.738. The molecule has 2 heterocycles. The molecule has 1 saturated heterocycles. The van der Waals surface area contributed by atoms with E-state index in [0.29, 0.717) is 50.8 Å².